The van der Waals surface area contributed by atoms with Crippen molar-refractivity contribution < 1.29 is 14.3 Å². The number of rotatable bonds is 2. The third-order valence-electron chi connectivity index (χ3n) is 1.89. The van der Waals surface area contributed by atoms with Gasteiger partial charge in [0.1, 0.15) is 11.9 Å². The van der Waals surface area contributed by atoms with Crippen molar-refractivity contribution in [1.82, 2.24) is 0 Å². The Morgan fingerprint density at radius 3 is 2.73 bits per heavy atom. The lowest BCUT2D eigenvalue weighted by atomic mass is 10.0. The molecule has 62 valence electrons. The van der Waals surface area contributed by atoms with Crippen LogP contribution in [0.25, 0.3) is 0 Å². The summed E-state index contributed by atoms with van der Waals surface area (Å²) in [5.41, 5.74) is 0. The Labute approximate surface area is 65.7 Å². The van der Waals surface area contributed by atoms with Crippen molar-refractivity contribution in [3.63, 3.8) is 0 Å². The average Bonchev–Trinajstić information content (AvgIpc) is 2.09. The second-order valence-corrected chi connectivity index (χ2v) is 3.12. The Kier molecular flexibility index (Phi) is 2.27. The van der Waals surface area contributed by atoms with Crippen LogP contribution in [-0.4, -0.2) is 17.9 Å². The molecular formula is C8H12O3. The lowest BCUT2D eigenvalue weighted by Gasteiger charge is -2.10. The van der Waals surface area contributed by atoms with E-state index in [1.807, 2.05) is 6.92 Å². The molecule has 0 radical (unpaired) electrons. The van der Waals surface area contributed by atoms with E-state index in [2.05, 4.69) is 0 Å². The molecule has 1 aliphatic heterocycles. The van der Waals surface area contributed by atoms with E-state index in [4.69, 9.17) is 4.74 Å². The van der Waals surface area contributed by atoms with Gasteiger partial charge in [0.25, 0.3) is 0 Å². The van der Waals surface area contributed by atoms with Crippen LogP contribution in [0.2, 0.25) is 0 Å². The van der Waals surface area contributed by atoms with Gasteiger partial charge >= 0.3 is 5.97 Å². The molecule has 0 unspecified atom stereocenters. The van der Waals surface area contributed by atoms with Crippen LogP contribution >= 0.6 is 0 Å². The number of ketones is 1. The van der Waals surface area contributed by atoms with Crippen molar-refractivity contribution in [2.45, 2.75) is 32.8 Å². The van der Waals surface area contributed by atoms with Gasteiger partial charge in [0, 0.05) is 12.3 Å². The summed E-state index contributed by atoms with van der Waals surface area (Å²) in [4.78, 5) is 21.4. The second kappa shape index (κ2) is 3.03. The smallest absolute Gasteiger partial charge is 0.306 e. The first kappa shape index (κ1) is 8.24. The van der Waals surface area contributed by atoms with Crippen molar-refractivity contribution >= 4 is 11.8 Å². The molecular weight excluding hydrogens is 144 g/mol. The van der Waals surface area contributed by atoms with Crippen LogP contribution < -0.4 is 0 Å². The minimum atomic E-state index is -0.177. The van der Waals surface area contributed by atoms with E-state index in [0.29, 0.717) is 12.8 Å². The van der Waals surface area contributed by atoms with E-state index in [-0.39, 0.29) is 23.8 Å². The summed E-state index contributed by atoms with van der Waals surface area (Å²) in [7, 11) is 0. The molecule has 0 spiro atoms. The summed E-state index contributed by atoms with van der Waals surface area (Å²) in [6, 6.07) is 0. The van der Waals surface area contributed by atoms with E-state index in [0.717, 1.165) is 0 Å². The van der Waals surface area contributed by atoms with Gasteiger partial charge in [0.05, 0.1) is 6.42 Å². The average molecular weight is 156 g/mol. The van der Waals surface area contributed by atoms with Crippen LogP contribution in [0.1, 0.15) is 26.7 Å². The zero-order valence-electron chi connectivity index (χ0n) is 6.79. The Morgan fingerprint density at radius 2 is 2.36 bits per heavy atom. The van der Waals surface area contributed by atoms with Crippen molar-refractivity contribution in [2.24, 2.45) is 5.92 Å². The molecule has 0 saturated carbocycles. The molecule has 0 aromatic rings. The number of carbonyl (C=O) groups excluding carboxylic acids is 2. The van der Waals surface area contributed by atoms with Gasteiger partial charge in [-0.25, -0.2) is 0 Å². The molecule has 1 saturated heterocycles. The Hall–Kier alpha value is -0.860. The highest BCUT2D eigenvalue weighted by molar-refractivity contribution is 5.78. The zero-order chi connectivity index (χ0) is 8.43. The van der Waals surface area contributed by atoms with Gasteiger partial charge in [-0.05, 0) is 6.92 Å². The van der Waals surface area contributed by atoms with Crippen LogP contribution in [0.15, 0.2) is 0 Å². The highest BCUT2D eigenvalue weighted by Gasteiger charge is 2.31. The highest BCUT2D eigenvalue weighted by Crippen LogP contribution is 2.23. The van der Waals surface area contributed by atoms with E-state index in [1.165, 1.54) is 6.92 Å². The number of ether oxygens (including phenoxy) is 1. The topological polar surface area (TPSA) is 43.4 Å². The molecule has 1 fully saturated rings. The first-order valence-corrected chi connectivity index (χ1v) is 3.78. The fraction of sp³-hybridized carbons (Fsp3) is 0.750. The van der Waals surface area contributed by atoms with Gasteiger partial charge in [-0.3, -0.25) is 9.59 Å². The van der Waals surface area contributed by atoms with E-state index in [9.17, 15) is 9.59 Å². The number of cyclic esters (lactones) is 1. The Bertz CT molecular complexity index is 186. The Balaban J connectivity index is 2.46. The fourth-order valence-electron chi connectivity index (χ4n) is 1.25. The van der Waals surface area contributed by atoms with Gasteiger partial charge in [0.2, 0.25) is 0 Å². The molecule has 3 nitrogen and oxygen atoms in total. The SMILES string of the molecule is CC(=O)C[C@@H]1OC(=O)C[C@@H]1C. The first-order valence-electron chi connectivity index (χ1n) is 3.78. The quantitative estimate of drug-likeness (QED) is 0.558. The molecule has 0 aromatic heterocycles. The Morgan fingerprint density at radius 1 is 1.73 bits per heavy atom. The van der Waals surface area contributed by atoms with Crippen LogP contribution in [0.3, 0.4) is 0 Å². The summed E-state index contributed by atoms with van der Waals surface area (Å²) in [5.74, 6) is 0.103. The fourth-order valence-corrected chi connectivity index (χ4v) is 1.25. The molecule has 11 heavy (non-hydrogen) atoms. The number of hydrogen-bond acceptors (Lipinski definition) is 3. The number of esters is 1. The van der Waals surface area contributed by atoms with E-state index in [1.54, 1.807) is 0 Å². The van der Waals surface area contributed by atoms with Crippen LogP contribution in [-0.2, 0) is 14.3 Å². The largest absolute Gasteiger partial charge is 0.462 e. The van der Waals surface area contributed by atoms with Crippen molar-refractivity contribution in [2.75, 3.05) is 0 Å². The highest BCUT2D eigenvalue weighted by atomic mass is 16.5. The molecule has 1 rings (SSSR count). The van der Waals surface area contributed by atoms with E-state index >= 15 is 0 Å². The molecule has 1 aliphatic rings. The third-order valence-corrected chi connectivity index (χ3v) is 1.89. The van der Waals surface area contributed by atoms with Crippen molar-refractivity contribution in [3.8, 4) is 0 Å². The van der Waals surface area contributed by atoms with E-state index < -0.39 is 0 Å². The number of carbonyl (C=O) groups is 2. The second-order valence-electron chi connectivity index (χ2n) is 3.12. The molecule has 0 aromatic carbocycles. The summed E-state index contributed by atoms with van der Waals surface area (Å²) < 4.78 is 4.92. The molecule has 0 bridgehead atoms. The summed E-state index contributed by atoms with van der Waals surface area (Å²) >= 11 is 0. The summed E-state index contributed by atoms with van der Waals surface area (Å²) in [6.45, 7) is 3.44. The molecule has 1 heterocycles. The molecule has 3 heteroatoms. The van der Waals surface area contributed by atoms with Crippen molar-refractivity contribution in [1.29, 1.82) is 0 Å². The van der Waals surface area contributed by atoms with Crippen LogP contribution in [0.5, 0.6) is 0 Å². The maximum atomic E-state index is 10.7. The minimum absolute atomic E-state index is 0.0801. The van der Waals surface area contributed by atoms with Gasteiger partial charge in [-0.1, -0.05) is 6.92 Å². The monoisotopic (exact) mass is 156 g/mol. The summed E-state index contributed by atoms with van der Waals surface area (Å²) in [6.07, 6.45) is 0.658. The molecule has 0 amide bonds. The lowest BCUT2D eigenvalue weighted by Crippen LogP contribution is -2.16. The zero-order valence-corrected chi connectivity index (χ0v) is 6.79. The normalized spacial score (nSPS) is 30.2. The van der Waals surface area contributed by atoms with Crippen LogP contribution in [0.4, 0.5) is 0 Å². The molecule has 0 N–H and O–H groups in total. The lowest BCUT2D eigenvalue weighted by molar-refractivity contribution is -0.142. The van der Waals surface area contributed by atoms with Gasteiger partial charge < -0.3 is 4.74 Å². The van der Waals surface area contributed by atoms with Gasteiger partial charge in [-0.2, -0.15) is 0 Å². The predicted octanol–water partition coefficient (Wildman–Crippen LogP) is 0.917. The maximum absolute atomic E-state index is 10.7. The van der Waals surface area contributed by atoms with Crippen LogP contribution in [0, 0.1) is 5.92 Å². The summed E-state index contributed by atoms with van der Waals surface area (Å²) in [5, 5.41) is 0. The molecule has 2 atom stereocenters. The molecule has 0 aliphatic carbocycles. The van der Waals surface area contributed by atoms with Crippen molar-refractivity contribution in [3.05, 3.63) is 0 Å². The number of hydrogen-bond donors (Lipinski definition) is 0. The third kappa shape index (κ3) is 2.03. The standard InChI is InChI=1S/C8H12O3/c1-5-3-8(10)11-7(5)4-6(2)9/h5,7H,3-4H2,1-2H3/t5-,7-/m0/s1. The van der Waals surface area contributed by atoms with Gasteiger partial charge in [-0.15, -0.1) is 0 Å². The minimum Gasteiger partial charge on any atom is -0.462 e. The first-order chi connectivity index (χ1) is 5.09. The number of Topliss-reactive ketones (excluding diaryl/α,β-unsaturated/α-hetero) is 1. The van der Waals surface area contributed by atoms with Gasteiger partial charge in [0.15, 0.2) is 0 Å². The maximum Gasteiger partial charge on any atom is 0.306 e. The predicted molar refractivity (Wildman–Crippen MR) is 39.0 cm³/mol.